The van der Waals surface area contributed by atoms with Gasteiger partial charge in [-0.25, -0.2) is 0 Å². The van der Waals surface area contributed by atoms with Gasteiger partial charge in [-0.2, -0.15) is 0 Å². The van der Waals surface area contributed by atoms with Crippen molar-refractivity contribution in [2.24, 2.45) is 0 Å². The third-order valence-electron chi connectivity index (χ3n) is 4.23. The molecule has 1 heterocycles. The lowest BCUT2D eigenvalue weighted by Crippen LogP contribution is -2.37. The number of nitrogens with one attached hydrogen (secondary N) is 1. The molecule has 0 bridgehead atoms. The van der Waals surface area contributed by atoms with Crippen molar-refractivity contribution >= 4 is 0 Å². The van der Waals surface area contributed by atoms with Crippen LogP contribution in [0.1, 0.15) is 50.2 Å². The van der Waals surface area contributed by atoms with Crippen molar-refractivity contribution < 1.29 is 4.74 Å². The summed E-state index contributed by atoms with van der Waals surface area (Å²) in [7, 11) is 0. The summed E-state index contributed by atoms with van der Waals surface area (Å²) in [5.74, 6) is 0. The second kappa shape index (κ2) is 8.43. The minimum atomic E-state index is 0.460. The maximum absolute atomic E-state index is 5.92. The van der Waals surface area contributed by atoms with Crippen LogP contribution in [0.2, 0.25) is 0 Å². The van der Waals surface area contributed by atoms with E-state index in [2.05, 4.69) is 43.4 Å². The Morgan fingerprint density at radius 2 is 2.15 bits per heavy atom. The Bertz CT molecular complexity index is 385. The molecule has 0 amide bonds. The van der Waals surface area contributed by atoms with Gasteiger partial charge in [-0.3, -0.25) is 0 Å². The van der Waals surface area contributed by atoms with Crippen LogP contribution in [0.4, 0.5) is 0 Å². The number of rotatable bonds is 7. The van der Waals surface area contributed by atoms with Crippen molar-refractivity contribution in [3.63, 3.8) is 0 Å². The van der Waals surface area contributed by atoms with Crippen LogP contribution in [-0.2, 0) is 11.2 Å². The lowest BCUT2D eigenvalue weighted by atomic mass is 9.95. The Hall–Kier alpha value is -0.860. The zero-order valence-electron chi connectivity index (χ0n) is 13.0. The quantitative estimate of drug-likeness (QED) is 0.815. The van der Waals surface area contributed by atoms with Crippen LogP contribution in [0.3, 0.4) is 0 Å². The summed E-state index contributed by atoms with van der Waals surface area (Å²) >= 11 is 0. The number of hydrogen-bond acceptors (Lipinski definition) is 2. The highest BCUT2D eigenvalue weighted by Gasteiger charge is 2.19. The van der Waals surface area contributed by atoms with Crippen LogP contribution < -0.4 is 5.32 Å². The molecule has 1 aliphatic rings. The zero-order chi connectivity index (χ0) is 14.2. The first kappa shape index (κ1) is 15.5. The van der Waals surface area contributed by atoms with E-state index in [9.17, 15) is 0 Å². The molecule has 1 aromatic carbocycles. The fraction of sp³-hybridized carbons (Fsp3) is 0.667. The minimum absolute atomic E-state index is 0.460. The molecule has 2 heteroatoms. The minimum Gasteiger partial charge on any atom is -0.378 e. The smallest absolute Gasteiger partial charge is 0.0590 e. The summed E-state index contributed by atoms with van der Waals surface area (Å²) in [5.41, 5.74) is 2.87. The van der Waals surface area contributed by atoms with Gasteiger partial charge in [0.05, 0.1) is 6.10 Å². The molecule has 0 aliphatic carbocycles. The maximum atomic E-state index is 5.92. The zero-order valence-corrected chi connectivity index (χ0v) is 13.0. The van der Waals surface area contributed by atoms with Gasteiger partial charge in [0.2, 0.25) is 0 Å². The molecule has 1 fully saturated rings. The van der Waals surface area contributed by atoms with E-state index in [-0.39, 0.29) is 0 Å². The predicted octanol–water partition coefficient (Wildman–Crippen LogP) is 3.86. The van der Waals surface area contributed by atoms with Crippen molar-refractivity contribution in [1.29, 1.82) is 0 Å². The first-order valence-corrected chi connectivity index (χ1v) is 8.19. The van der Waals surface area contributed by atoms with E-state index in [1.807, 2.05) is 0 Å². The average molecular weight is 275 g/mol. The van der Waals surface area contributed by atoms with Gasteiger partial charge < -0.3 is 10.1 Å². The molecule has 112 valence electrons. The van der Waals surface area contributed by atoms with Crippen molar-refractivity contribution in [1.82, 2.24) is 5.32 Å². The van der Waals surface area contributed by atoms with Crippen LogP contribution in [0.25, 0.3) is 0 Å². The Kier molecular flexibility index (Phi) is 6.55. The van der Waals surface area contributed by atoms with Gasteiger partial charge in [0.1, 0.15) is 0 Å². The first-order chi connectivity index (χ1) is 9.79. The van der Waals surface area contributed by atoms with E-state index in [0.29, 0.717) is 12.1 Å². The molecule has 0 saturated carbocycles. The Balaban J connectivity index is 1.93. The molecular formula is C18H29NO. The largest absolute Gasteiger partial charge is 0.378 e. The van der Waals surface area contributed by atoms with Gasteiger partial charge in [0.25, 0.3) is 0 Å². The fourth-order valence-electron chi connectivity index (χ4n) is 3.00. The third kappa shape index (κ3) is 4.92. The highest BCUT2D eigenvalue weighted by Crippen LogP contribution is 2.19. The first-order valence-electron chi connectivity index (χ1n) is 8.19. The normalized spacial score (nSPS) is 20.8. The fourth-order valence-corrected chi connectivity index (χ4v) is 3.00. The molecule has 2 unspecified atom stereocenters. The molecule has 0 spiro atoms. The lowest BCUT2D eigenvalue weighted by molar-refractivity contribution is 0.00525. The summed E-state index contributed by atoms with van der Waals surface area (Å²) in [6.45, 7) is 6.50. The van der Waals surface area contributed by atoms with Crippen LogP contribution in [0.5, 0.6) is 0 Å². The molecule has 1 saturated heterocycles. The van der Waals surface area contributed by atoms with Crippen molar-refractivity contribution in [3.8, 4) is 0 Å². The van der Waals surface area contributed by atoms with Gasteiger partial charge in [0, 0.05) is 12.6 Å². The summed E-state index contributed by atoms with van der Waals surface area (Å²) in [4.78, 5) is 0. The molecule has 0 aromatic heterocycles. The van der Waals surface area contributed by atoms with E-state index in [1.165, 1.54) is 36.8 Å². The van der Waals surface area contributed by atoms with E-state index < -0.39 is 0 Å². The Labute approximate surface area is 123 Å². The van der Waals surface area contributed by atoms with Gasteiger partial charge in [-0.05, 0) is 63.1 Å². The van der Waals surface area contributed by atoms with Gasteiger partial charge in [-0.1, -0.05) is 31.2 Å². The standard InChI is InChI=1S/C18H29NO/c1-3-11-19-17(14-18-10-6-7-12-20-18)13-16-9-5-4-8-15(16)2/h4-5,8-9,17-19H,3,6-7,10-14H2,1-2H3. The lowest BCUT2D eigenvalue weighted by Gasteiger charge is -2.28. The molecule has 2 rings (SSSR count). The summed E-state index contributed by atoms with van der Waals surface area (Å²) in [5, 5.41) is 3.71. The number of benzene rings is 1. The number of hydrogen-bond donors (Lipinski definition) is 1. The average Bonchev–Trinajstić information content (AvgIpc) is 2.48. The van der Waals surface area contributed by atoms with Crippen LogP contribution in [0.15, 0.2) is 24.3 Å². The van der Waals surface area contributed by atoms with Crippen LogP contribution in [0, 0.1) is 6.92 Å². The summed E-state index contributed by atoms with van der Waals surface area (Å²) < 4.78 is 5.92. The second-order valence-corrected chi connectivity index (χ2v) is 6.01. The maximum Gasteiger partial charge on any atom is 0.0590 e. The van der Waals surface area contributed by atoms with E-state index in [4.69, 9.17) is 4.74 Å². The van der Waals surface area contributed by atoms with E-state index in [1.54, 1.807) is 0 Å². The van der Waals surface area contributed by atoms with Gasteiger partial charge in [-0.15, -0.1) is 0 Å². The SMILES string of the molecule is CCCNC(Cc1ccccc1C)CC1CCCCO1. The summed E-state index contributed by atoms with van der Waals surface area (Å²) in [6, 6.07) is 9.29. The topological polar surface area (TPSA) is 21.3 Å². The highest BCUT2D eigenvalue weighted by molar-refractivity contribution is 5.26. The van der Waals surface area contributed by atoms with Crippen LogP contribution in [-0.4, -0.2) is 25.3 Å². The second-order valence-electron chi connectivity index (χ2n) is 6.01. The van der Waals surface area contributed by atoms with Crippen molar-refractivity contribution in [2.45, 2.75) is 64.5 Å². The molecule has 1 N–H and O–H groups in total. The summed E-state index contributed by atoms with van der Waals surface area (Å²) in [6.07, 6.45) is 7.72. The predicted molar refractivity (Wildman–Crippen MR) is 85.2 cm³/mol. The molecule has 1 aliphatic heterocycles. The number of ether oxygens (including phenoxy) is 1. The molecule has 2 atom stereocenters. The van der Waals surface area contributed by atoms with Crippen molar-refractivity contribution in [2.75, 3.05) is 13.2 Å². The van der Waals surface area contributed by atoms with Gasteiger partial charge in [0.15, 0.2) is 0 Å². The Morgan fingerprint density at radius 1 is 1.30 bits per heavy atom. The molecule has 2 nitrogen and oxygen atoms in total. The van der Waals surface area contributed by atoms with E-state index in [0.717, 1.165) is 26.0 Å². The molecule has 0 radical (unpaired) electrons. The molecule has 20 heavy (non-hydrogen) atoms. The molecule has 1 aromatic rings. The molecular weight excluding hydrogens is 246 g/mol. The highest BCUT2D eigenvalue weighted by atomic mass is 16.5. The number of aryl methyl sites for hydroxylation is 1. The Morgan fingerprint density at radius 3 is 2.85 bits per heavy atom. The van der Waals surface area contributed by atoms with Gasteiger partial charge >= 0.3 is 0 Å². The monoisotopic (exact) mass is 275 g/mol. The third-order valence-corrected chi connectivity index (χ3v) is 4.23. The van der Waals surface area contributed by atoms with Crippen LogP contribution >= 0.6 is 0 Å². The van der Waals surface area contributed by atoms with E-state index >= 15 is 0 Å². The van der Waals surface area contributed by atoms with Crippen molar-refractivity contribution in [3.05, 3.63) is 35.4 Å².